The molecule has 0 amide bonds. The van der Waals surface area contributed by atoms with Crippen molar-refractivity contribution >= 4 is 5.96 Å². The van der Waals surface area contributed by atoms with Gasteiger partial charge in [-0.1, -0.05) is 19.8 Å². The fourth-order valence-corrected chi connectivity index (χ4v) is 3.34. The summed E-state index contributed by atoms with van der Waals surface area (Å²) in [5, 5.41) is 6.97. The summed E-state index contributed by atoms with van der Waals surface area (Å²) < 4.78 is 5.10. The van der Waals surface area contributed by atoms with E-state index >= 15 is 0 Å². The number of methoxy groups -OCH3 is 1. The van der Waals surface area contributed by atoms with Crippen LogP contribution in [0.2, 0.25) is 0 Å². The average molecular weight is 356 g/mol. The highest BCUT2D eigenvalue weighted by Crippen LogP contribution is 2.16. The van der Waals surface area contributed by atoms with Crippen LogP contribution in [0.5, 0.6) is 0 Å². The summed E-state index contributed by atoms with van der Waals surface area (Å²) in [4.78, 5) is 9.36. The quantitative estimate of drug-likeness (QED) is 0.317. The van der Waals surface area contributed by atoms with Gasteiger partial charge in [0.15, 0.2) is 5.96 Å². The molecule has 1 atom stereocenters. The number of piperidine rings is 1. The SMILES string of the molecule is CCCCN1CCCCC1CNC(=NC)NCCN(C)CCCOC. The molecule has 1 rings (SSSR count). The van der Waals surface area contributed by atoms with Gasteiger partial charge in [0.25, 0.3) is 0 Å². The molecule has 148 valence electrons. The zero-order valence-electron chi connectivity index (χ0n) is 17.0. The molecule has 1 aliphatic heterocycles. The number of aliphatic imine (C=N–C) groups is 1. The van der Waals surface area contributed by atoms with Crippen LogP contribution in [0.4, 0.5) is 0 Å². The molecular formula is C19H41N5O. The van der Waals surface area contributed by atoms with Crippen LogP contribution in [-0.4, -0.2) is 88.9 Å². The maximum atomic E-state index is 5.10. The Labute approximate surface area is 155 Å². The molecule has 1 fully saturated rings. The van der Waals surface area contributed by atoms with Gasteiger partial charge in [-0.05, 0) is 45.8 Å². The first-order chi connectivity index (χ1) is 12.2. The Bertz CT molecular complexity index is 351. The number of unbranched alkanes of at least 4 members (excludes halogenated alkanes) is 1. The fraction of sp³-hybridized carbons (Fsp3) is 0.947. The number of hydrogen-bond donors (Lipinski definition) is 2. The molecule has 1 heterocycles. The van der Waals surface area contributed by atoms with Crippen LogP contribution in [0.1, 0.15) is 45.4 Å². The zero-order chi connectivity index (χ0) is 18.3. The van der Waals surface area contributed by atoms with Gasteiger partial charge in [0, 0.05) is 53.0 Å². The number of likely N-dealkylation sites (N-methyl/N-ethyl adjacent to an activating group) is 1. The predicted molar refractivity (Wildman–Crippen MR) is 107 cm³/mol. The Balaban J connectivity index is 2.23. The number of guanidine groups is 1. The molecule has 0 spiro atoms. The monoisotopic (exact) mass is 355 g/mol. The van der Waals surface area contributed by atoms with E-state index in [0.717, 1.165) is 45.2 Å². The van der Waals surface area contributed by atoms with E-state index in [-0.39, 0.29) is 0 Å². The number of hydrogen-bond acceptors (Lipinski definition) is 4. The van der Waals surface area contributed by atoms with Crippen LogP contribution in [-0.2, 0) is 4.74 Å². The highest BCUT2D eigenvalue weighted by atomic mass is 16.5. The van der Waals surface area contributed by atoms with Crippen molar-refractivity contribution in [3.63, 3.8) is 0 Å². The molecule has 0 aromatic carbocycles. The van der Waals surface area contributed by atoms with Crippen molar-refractivity contribution in [2.24, 2.45) is 4.99 Å². The molecule has 6 heteroatoms. The molecule has 1 aliphatic rings. The van der Waals surface area contributed by atoms with E-state index in [1.165, 1.54) is 45.2 Å². The van der Waals surface area contributed by atoms with E-state index in [2.05, 4.69) is 39.4 Å². The lowest BCUT2D eigenvalue weighted by molar-refractivity contribution is 0.147. The number of ether oxygens (including phenoxy) is 1. The second kappa shape index (κ2) is 14.3. The van der Waals surface area contributed by atoms with Gasteiger partial charge in [-0.2, -0.15) is 0 Å². The second-order valence-electron chi connectivity index (χ2n) is 7.07. The summed E-state index contributed by atoms with van der Waals surface area (Å²) in [7, 11) is 5.77. The molecule has 1 saturated heterocycles. The highest BCUT2D eigenvalue weighted by Gasteiger charge is 2.21. The van der Waals surface area contributed by atoms with Crippen LogP contribution in [0, 0.1) is 0 Å². The third-order valence-electron chi connectivity index (χ3n) is 4.95. The first kappa shape index (κ1) is 22.2. The molecule has 6 nitrogen and oxygen atoms in total. The molecule has 0 saturated carbocycles. The summed E-state index contributed by atoms with van der Waals surface area (Å²) in [6.07, 6.45) is 7.66. The summed E-state index contributed by atoms with van der Waals surface area (Å²) in [6, 6.07) is 0.649. The Morgan fingerprint density at radius 2 is 2.08 bits per heavy atom. The van der Waals surface area contributed by atoms with Crippen molar-refractivity contribution in [1.82, 2.24) is 20.4 Å². The van der Waals surface area contributed by atoms with Crippen LogP contribution in [0.25, 0.3) is 0 Å². The van der Waals surface area contributed by atoms with Crippen molar-refractivity contribution in [3.8, 4) is 0 Å². The number of likely N-dealkylation sites (tertiary alicyclic amines) is 1. The van der Waals surface area contributed by atoms with Gasteiger partial charge in [-0.25, -0.2) is 0 Å². The molecule has 0 aliphatic carbocycles. The van der Waals surface area contributed by atoms with Gasteiger partial charge < -0.3 is 20.3 Å². The molecule has 0 bridgehead atoms. The van der Waals surface area contributed by atoms with E-state index in [9.17, 15) is 0 Å². The van der Waals surface area contributed by atoms with Crippen molar-refractivity contribution in [2.75, 3.05) is 67.1 Å². The minimum Gasteiger partial charge on any atom is -0.385 e. The Hall–Kier alpha value is -0.850. The fourth-order valence-electron chi connectivity index (χ4n) is 3.34. The van der Waals surface area contributed by atoms with Gasteiger partial charge >= 0.3 is 0 Å². The highest BCUT2D eigenvalue weighted by molar-refractivity contribution is 5.79. The first-order valence-corrected chi connectivity index (χ1v) is 10.1. The molecule has 1 unspecified atom stereocenters. The number of rotatable bonds is 12. The van der Waals surface area contributed by atoms with Crippen molar-refractivity contribution < 1.29 is 4.74 Å². The van der Waals surface area contributed by atoms with Gasteiger partial charge in [0.1, 0.15) is 0 Å². The third kappa shape index (κ3) is 10.0. The van der Waals surface area contributed by atoms with Crippen LogP contribution in [0.15, 0.2) is 4.99 Å². The normalized spacial score (nSPS) is 19.4. The minimum atomic E-state index is 0.649. The molecule has 0 aromatic rings. The summed E-state index contributed by atoms with van der Waals surface area (Å²) >= 11 is 0. The molecular weight excluding hydrogens is 314 g/mol. The summed E-state index contributed by atoms with van der Waals surface area (Å²) in [6.45, 7) is 9.57. The maximum Gasteiger partial charge on any atom is 0.191 e. The maximum absolute atomic E-state index is 5.10. The van der Waals surface area contributed by atoms with Gasteiger partial charge in [0.2, 0.25) is 0 Å². The van der Waals surface area contributed by atoms with Crippen molar-refractivity contribution in [1.29, 1.82) is 0 Å². The summed E-state index contributed by atoms with van der Waals surface area (Å²) in [5.41, 5.74) is 0. The van der Waals surface area contributed by atoms with E-state index < -0.39 is 0 Å². The second-order valence-corrected chi connectivity index (χ2v) is 7.07. The molecule has 25 heavy (non-hydrogen) atoms. The van der Waals surface area contributed by atoms with Crippen LogP contribution in [0.3, 0.4) is 0 Å². The first-order valence-electron chi connectivity index (χ1n) is 10.1. The van der Waals surface area contributed by atoms with Crippen molar-refractivity contribution in [2.45, 2.75) is 51.5 Å². The average Bonchev–Trinajstić information content (AvgIpc) is 2.63. The summed E-state index contributed by atoms with van der Waals surface area (Å²) in [5.74, 6) is 0.923. The smallest absolute Gasteiger partial charge is 0.191 e. The van der Waals surface area contributed by atoms with E-state index in [1.54, 1.807) is 7.11 Å². The largest absolute Gasteiger partial charge is 0.385 e. The van der Waals surface area contributed by atoms with E-state index in [4.69, 9.17) is 4.74 Å². The van der Waals surface area contributed by atoms with E-state index in [0.29, 0.717) is 6.04 Å². The van der Waals surface area contributed by atoms with Gasteiger partial charge in [-0.15, -0.1) is 0 Å². The Morgan fingerprint density at radius 1 is 1.24 bits per heavy atom. The third-order valence-corrected chi connectivity index (χ3v) is 4.95. The molecule has 0 radical (unpaired) electrons. The molecule has 2 N–H and O–H groups in total. The van der Waals surface area contributed by atoms with Gasteiger partial charge in [-0.3, -0.25) is 9.89 Å². The lowest BCUT2D eigenvalue weighted by Gasteiger charge is -2.36. The van der Waals surface area contributed by atoms with Crippen LogP contribution < -0.4 is 10.6 Å². The minimum absolute atomic E-state index is 0.649. The molecule has 0 aromatic heterocycles. The van der Waals surface area contributed by atoms with Crippen LogP contribution >= 0.6 is 0 Å². The standard InChI is InChI=1S/C19H41N5O/c1-5-6-13-24-14-8-7-10-18(24)17-22-19(20-2)21-11-15-23(3)12-9-16-25-4/h18H,5-17H2,1-4H3,(H2,20,21,22). The van der Waals surface area contributed by atoms with Crippen molar-refractivity contribution in [3.05, 3.63) is 0 Å². The lowest BCUT2D eigenvalue weighted by atomic mass is 10.0. The number of nitrogens with zero attached hydrogens (tertiary/aromatic N) is 3. The van der Waals surface area contributed by atoms with Gasteiger partial charge in [0.05, 0.1) is 0 Å². The zero-order valence-corrected chi connectivity index (χ0v) is 17.0. The predicted octanol–water partition coefficient (Wildman–Crippen LogP) is 1.77. The lowest BCUT2D eigenvalue weighted by Crippen LogP contribution is -2.50. The number of nitrogens with one attached hydrogen (secondary N) is 2. The Kier molecular flexibility index (Phi) is 12.7. The Morgan fingerprint density at radius 3 is 2.80 bits per heavy atom. The van der Waals surface area contributed by atoms with E-state index in [1.807, 2.05) is 7.05 Å². The topological polar surface area (TPSA) is 52.1 Å².